The van der Waals surface area contributed by atoms with Gasteiger partial charge in [0, 0.05) is 13.7 Å². The van der Waals surface area contributed by atoms with Gasteiger partial charge in [-0.2, -0.15) is 0 Å². The van der Waals surface area contributed by atoms with Gasteiger partial charge in [0.1, 0.15) is 0 Å². The van der Waals surface area contributed by atoms with E-state index in [1.807, 2.05) is 55.4 Å². The first kappa shape index (κ1) is 27.7. The van der Waals surface area contributed by atoms with Crippen LogP contribution < -0.4 is 0 Å². The Bertz CT molecular complexity index is 279. The number of aliphatic hydroxyl groups is 2. The van der Waals surface area contributed by atoms with Crippen molar-refractivity contribution in [2.24, 2.45) is 16.2 Å². The van der Waals surface area contributed by atoms with E-state index in [-0.39, 0.29) is 28.5 Å². The largest absolute Gasteiger partial charge is 0.396 e. The summed E-state index contributed by atoms with van der Waals surface area (Å²) < 4.78 is 5.30. The number of hydrogen-bond donors (Lipinski definition) is 2. The lowest BCUT2D eigenvalue weighted by molar-refractivity contribution is -0.0620. The second-order valence-electron chi connectivity index (χ2n) is 10.5. The molecule has 144 valence electrons. The van der Waals surface area contributed by atoms with Gasteiger partial charge in [-0.15, -0.1) is 0 Å². The molecule has 0 aromatic heterocycles. The summed E-state index contributed by atoms with van der Waals surface area (Å²) in [6, 6.07) is 0. The van der Waals surface area contributed by atoms with Crippen LogP contribution in [0.5, 0.6) is 0 Å². The van der Waals surface area contributed by atoms with Crippen LogP contribution in [0.4, 0.5) is 0 Å². The van der Waals surface area contributed by atoms with Gasteiger partial charge in [0.15, 0.2) is 0 Å². The Morgan fingerprint density at radius 2 is 0.870 bits per heavy atom. The number of aliphatic hydroxyl groups excluding tert-OH is 1. The van der Waals surface area contributed by atoms with Crippen molar-refractivity contribution in [2.75, 3.05) is 13.7 Å². The third-order valence-corrected chi connectivity index (χ3v) is 4.63. The molecule has 0 heterocycles. The van der Waals surface area contributed by atoms with Gasteiger partial charge in [0.2, 0.25) is 0 Å². The Morgan fingerprint density at radius 3 is 0.870 bits per heavy atom. The number of hydrogen-bond acceptors (Lipinski definition) is 3. The van der Waals surface area contributed by atoms with Crippen LogP contribution in [0.2, 0.25) is 0 Å². The summed E-state index contributed by atoms with van der Waals surface area (Å²) in [5.41, 5.74) is -0.269. The van der Waals surface area contributed by atoms with Crippen LogP contribution in [-0.4, -0.2) is 35.1 Å². The second kappa shape index (κ2) is 9.39. The Morgan fingerprint density at radius 1 is 0.652 bits per heavy atom. The average Bonchev–Trinajstić information content (AvgIpc) is 2.25. The highest BCUT2D eigenvalue weighted by Crippen LogP contribution is 2.31. The first-order valence-electron chi connectivity index (χ1n) is 8.51. The molecule has 0 spiro atoms. The van der Waals surface area contributed by atoms with E-state index in [4.69, 9.17) is 9.84 Å². The smallest absolute Gasteiger partial charge is 0.0670 e. The van der Waals surface area contributed by atoms with E-state index < -0.39 is 5.60 Å². The molecule has 3 nitrogen and oxygen atoms in total. The van der Waals surface area contributed by atoms with E-state index in [9.17, 15) is 5.11 Å². The van der Waals surface area contributed by atoms with Gasteiger partial charge in [-0.3, -0.25) is 0 Å². The van der Waals surface area contributed by atoms with Crippen LogP contribution in [0.15, 0.2) is 0 Å². The van der Waals surface area contributed by atoms with E-state index in [2.05, 4.69) is 34.6 Å². The highest BCUT2D eigenvalue weighted by Gasteiger charge is 2.32. The molecule has 0 saturated carbocycles. The second-order valence-corrected chi connectivity index (χ2v) is 10.5. The van der Waals surface area contributed by atoms with Crippen molar-refractivity contribution in [3.63, 3.8) is 0 Å². The SMILES string of the molecule is CC(C)(C)C(C)(C)O.CC(C)(C)CO.COC(C)(C)C(C)(C)C. The van der Waals surface area contributed by atoms with E-state index >= 15 is 0 Å². The highest BCUT2D eigenvalue weighted by molar-refractivity contribution is 4.82. The first-order chi connectivity index (χ1) is 9.62. The zero-order valence-electron chi connectivity index (χ0n) is 18.5. The van der Waals surface area contributed by atoms with Gasteiger partial charge >= 0.3 is 0 Å². The Labute approximate surface area is 146 Å². The quantitative estimate of drug-likeness (QED) is 0.685. The van der Waals surface area contributed by atoms with Crippen LogP contribution in [-0.2, 0) is 4.74 Å². The van der Waals surface area contributed by atoms with Crippen molar-refractivity contribution in [3.8, 4) is 0 Å². The third-order valence-electron chi connectivity index (χ3n) is 4.63. The maximum atomic E-state index is 9.35. The van der Waals surface area contributed by atoms with Crippen molar-refractivity contribution in [1.82, 2.24) is 0 Å². The zero-order valence-corrected chi connectivity index (χ0v) is 18.5. The van der Waals surface area contributed by atoms with Crippen molar-refractivity contribution >= 4 is 0 Å². The minimum atomic E-state index is -0.562. The lowest BCUT2D eigenvalue weighted by Gasteiger charge is -2.37. The Balaban J connectivity index is -0.000000266. The lowest BCUT2D eigenvalue weighted by atomic mass is 9.79. The summed E-state index contributed by atoms with van der Waals surface area (Å²) in [6.07, 6.45) is 0. The molecule has 0 aliphatic rings. The summed E-state index contributed by atoms with van der Waals surface area (Å²) >= 11 is 0. The minimum Gasteiger partial charge on any atom is -0.396 e. The first-order valence-corrected chi connectivity index (χ1v) is 8.51. The minimum absolute atomic E-state index is 0.00694. The van der Waals surface area contributed by atoms with Crippen LogP contribution in [0.3, 0.4) is 0 Å². The third kappa shape index (κ3) is 15.2. The van der Waals surface area contributed by atoms with E-state index in [0.29, 0.717) is 0 Å². The lowest BCUT2D eigenvalue weighted by Crippen LogP contribution is -2.38. The number of methoxy groups -OCH3 is 1. The van der Waals surface area contributed by atoms with Crippen LogP contribution >= 0.6 is 0 Å². The van der Waals surface area contributed by atoms with Gasteiger partial charge in [-0.25, -0.2) is 0 Å². The molecule has 2 N–H and O–H groups in total. The molecule has 0 aromatic rings. The molecule has 0 saturated heterocycles. The average molecular weight is 335 g/mol. The van der Waals surface area contributed by atoms with E-state index in [1.54, 1.807) is 7.11 Å². The molecular weight excluding hydrogens is 288 g/mol. The van der Waals surface area contributed by atoms with E-state index in [1.165, 1.54) is 0 Å². The molecule has 0 aromatic carbocycles. The summed E-state index contributed by atoms with van der Waals surface area (Å²) in [6.45, 7) is 26.7. The fourth-order valence-corrected chi connectivity index (χ4v) is 0.306. The standard InChI is InChI=1S/C8H18O.C7H16O.C5H12O/c1-7(2,3)8(4,5)9-6;1-6(2,3)7(4,5)8;1-5(2,3)4-6/h1-6H3;8H,1-5H3;6H,4H2,1-3H3. The molecule has 0 unspecified atom stereocenters. The predicted molar refractivity (Wildman–Crippen MR) is 103 cm³/mol. The molecule has 3 heteroatoms. The Hall–Kier alpha value is -0.120. The van der Waals surface area contributed by atoms with Crippen LogP contribution in [0, 0.1) is 16.2 Å². The van der Waals surface area contributed by atoms with Crippen molar-refractivity contribution < 1.29 is 14.9 Å². The van der Waals surface area contributed by atoms with Crippen LogP contribution in [0.1, 0.15) is 90.0 Å². The predicted octanol–water partition coefficient (Wildman–Crippen LogP) is 5.29. The van der Waals surface area contributed by atoms with Gasteiger partial charge in [0.05, 0.1) is 11.2 Å². The summed E-state index contributed by atoms with van der Waals surface area (Å²) in [5.74, 6) is 0. The topological polar surface area (TPSA) is 49.7 Å². The van der Waals surface area contributed by atoms with Crippen molar-refractivity contribution in [1.29, 1.82) is 0 Å². The van der Waals surface area contributed by atoms with E-state index in [0.717, 1.165) is 0 Å². The summed E-state index contributed by atoms with van der Waals surface area (Å²) in [5, 5.41) is 17.8. The van der Waals surface area contributed by atoms with Gasteiger partial charge in [0.25, 0.3) is 0 Å². The molecule has 0 rings (SSSR count). The molecule has 0 aliphatic carbocycles. The molecule has 0 aliphatic heterocycles. The maximum Gasteiger partial charge on any atom is 0.0670 e. The summed E-state index contributed by atoms with van der Waals surface area (Å²) in [4.78, 5) is 0. The van der Waals surface area contributed by atoms with Gasteiger partial charge < -0.3 is 14.9 Å². The molecule has 0 atom stereocenters. The fraction of sp³-hybridized carbons (Fsp3) is 1.00. The molecule has 0 bridgehead atoms. The highest BCUT2D eigenvalue weighted by atomic mass is 16.5. The molecule has 0 amide bonds. The maximum absolute atomic E-state index is 9.35. The number of rotatable bonds is 1. The number of ether oxygens (including phenoxy) is 1. The molecule has 0 fully saturated rings. The summed E-state index contributed by atoms with van der Waals surface area (Å²) in [7, 11) is 1.76. The van der Waals surface area contributed by atoms with Crippen molar-refractivity contribution in [3.05, 3.63) is 0 Å². The van der Waals surface area contributed by atoms with Crippen LogP contribution in [0.25, 0.3) is 0 Å². The molecule has 23 heavy (non-hydrogen) atoms. The van der Waals surface area contributed by atoms with Gasteiger partial charge in [-0.05, 0) is 43.9 Å². The fourth-order valence-electron chi connectivity index (χ4n) is 0.306. The van der Waals surface area contributed by atoms with Crippen molar-refractivity contribution in [2.45, 2.75) is 101 Å². The normalized spacial score (nSPS) is 13.6. The van der Waals surface area contributed by atoms with Gasteiger partial charge in [-0.1, -0.05) is 62.3 Å². The molecular formula is C20H46O3. The molecule has 0 radical (unpaired) electrons. The monoisotopic (exact) mass is 334 g/mol. The zero-order chi connectivity index (χ0) is 19.9. The Kier molecular flexibility index (Phi) is 11.3.